The topological polar surface area (TPSA) is 50.8 Å². The summed E-state index contributed by atoms with van der Waals surface area (Å²) in [7, 11) is 0. The van der Waals surface area contributed by atoms with Crippen LogP contribution in [0.25, 0.3) is 53.6 Å². The molecule has 1 heterocycles. The van der Waals surface area contributed by atoms with Gasteiger partial charge in [-0.05, 0) is 127 Å². The Morgan fingerprint density at radius 2 is 1.10 bits per heavy atom. The quantitative estimate of drug-likeness (QED) is 0.175. The van der Waals surface area contributed by atoms with Gasteiger partial charge in [-0.3, -0.25) is 0 Å². The molecule has 58 heavy (non-hydrogen) atoms. The van der Waals surface area contributed by atoms with E-state index in [2.05, 4.69) is 180 Å². The maximum Gasteiger partial charge on any atom is 0.101 e. The van der Waals surface area contributed by atoms with Crippen molar-refractivity contribution >= 4 is 48.6 Å². The smallest absolute Gasteiger partial charge is 0.101 e. The van der Waals surface area contributed by atoms with Crippen LogP contribution in [0.2, 0.25) is 0 Å². The standard InChI is InChI=1S/C54H43N3S/c1-52(2)32-53(3,4)47-29-49-44(28-46(47)52)42-16-10-14-40(51(42)58-49)35-20-18-33(19-21-35)34-22-24-39(25-23-34)57(38-12-8-7-9-13-38)48-17-11-15-41-43-26-36(30-55)37(31-56)27-45(43)54(5,6)50(41)48/h7-29H,32H2,1-6H3. The van der Waals surface area contributed by atoms with Crippen LogP contribution in [0.5, 0.6) is 0 Å². The highest BCUT2D eigenvalue weighted by Crippen LogP contribution is 2.55. The first-order valence-corrected chi connectivity index (χ1v) is 20.9. The summed E-state index contributed by atoms with van der Waals surface area (Å²) in [6.07, 6.45) is 1.18. The number of nitriles is 2. The van der Waals surface area contributed by atoms with E-state index in [0.717, 1.165) is 39.3 Å². The molecule has 280 valence electrons. The lowest BCUT2D eigenvalue weighted by Gasteiger charge is -2.32. The van der Waals surface area contributed by atoms with Crippen molar-refractivity contribution in [1.29, 1.82) is 10.5 Å². The third-order valence-electron chi connectivity index (χ3n) is 12.9. The first kappa shape index (κ1) is 35.9. The van der Waals surface area contributed by atoms with E-state index >= 15 is 0 Å². The van der Waals surface area contributed by atoms with E-state index < -0.39 is 5.41 Å². The first-order valence-electron chi connectivity index (χ1n) is 20.1. The van der Waals surface area contributed by atoms with Gasteiger partial charge in [0.25, 0.3) is 0 Å². The van der Waals surface area contributed by atoms with Gasteiger partial charge in [0.2, 0.25) is 0 Å². The Hall–Kier alpha value is -6.46. The number of rotatable bonds is 5. The highest BCUT2D eigenvalue weighted by Gasteiger charge is 2.42. The molecule has 0 amide bonds. The lowest BCUT2D eigenvalue weighted by Crippen LogP contribution is -2.20. The third kappa shape index (κ3) is 5.36. The van der Waals surface area contributed by atoms with Crippen molar-refractivity contribution in [3.05, 3.63) is 173 Å². The summed E-state index contributed by atoms with van der Waals surface area (Å²) in [6.45, 7) is 14.0. The minimum atomic E-state index is -0.399. The van der Waals surface area contributed by atoms with E-state index in [9.17, 15) is 10.5 Å². The largest absolute Gasteiger partial charge is 0.310 e. The van der Waals surface area contributed by atoms with Crippen LogP contribution in [0.4, 0.5) is 17.1 Å². The van der Waals surface area contributed by atoms with Gasteiger partial charge in [-0.25, -0.2) is 0 Å². The van der Waals surface area contributed by atoms with Crippen molar-refractivity contribution in [3.63, 3.8) is 0 Å². The van der Waals surface area contributed by atoms with E-state index in [1.54, 1.807) is 0 Å². The normalized spacial score (nSPS) is 15.4. The van der Waals surface area contributed by atoms with Gasteiger partial charge in [-0.15, -0.1) is 11.3 Å². The Kier molecular flexibility index (Phi) is 7.91. The molecule has 0 radical (unpaired) electrons. The molecule has 0 bridgehead atoms. The van der Waals surface area contributed by atoms with E-state index in [-0.39, 0.29) is 10.8 Å². The molecule has 7 aromatic carbocycles. The van der Waals surface area contributed by atoms with Gasteiger partial charge in [0.15, 0.2) is 0 Å². The predicted octanol–water partition coefficient (Wildman–Crippen LogP) is 14.9. The molecule has 0 N–H and O–H groups in total. The number of hydrogen-bond acceptors (Lipinski definition) is 4. The SMILES string of the molecule is CC1(C)CC(C)(C)c2cc3c(cc21)sc1c(-c2ccc(-c4ccc(N(c5ccccc5)c5cccc6c5C(C)(C)c5cc(C#N)c(C#N)cc5-6)cc4)cc2)cccc13. The van der Waals surface area contributed by atoms with Crippen molar-refractivity contribution in [1.82, 2.24) is 0 Å². The van der Waals surface area contributed by atoms with Crippen molar-refractivity contribution in [3.8, 4) is 45.5 Å². The van der Waals surface area contributed by atoms with E-state index in [4.69, 9.17) is 0 Å². The maximum atomic E-state index is 9.88. The number of thiophene rings is 1. The molecular weight excluding hydrogens is 723 g/mol. The lowest BCUT2D eigenvalue weighted by molar-refractivity contribution is 0.403. The van der Waals surface area contributed by atoms with Crippen LogP contribution in [0.1, 0.15) is 81.3 Å². The Morgan fingerprint density at radius 1 is 0.517 bits per heavy atom. The molecule has 0 spiro atoms. The van der Waals surface area contributed by atoms with E-state index in [1.165, 1.54) is 60.0 Å². The summed E-state index contributed by atoms with van der Waals surface area (Å²) in [5.41, 5.74) is 16.2. The first-order chi connectivity index (χ1) is 27.9. The Morgan fingerprint density at radius 3 is 1.79 bits per heavy atom. The molecule has 0 fully saturated rings. The molecule has 3 nitrogen and oxygen atoms in total. The molecule has 2 aliphatic rings. The second-order valence-corrected chi connectivity index (χ2v) is 19.0. The zero-order valence-corrected chi connectivity index (χ0v) is 34.6. The van der Waals surface area contributed by atoms with Crippen molar-refractivity contribution < 1.29 is 0 Å². The average Bonchev–Trinajstić information content (AvgIpc) is 3.78. The molecular formula is C54H43N3S. The summed E-state index contributed by atoms with van der Waals surface area (Å²) in [5, 5.41) is 22.5. The molecule has 1 aromatic heterocycles. The van der Waals surface area contributed by atoms with Gasteiger partial charge < -0.3 is 4.90 Å². The summed E-state index contributed by atoms with van der Waals surface area (Å²) >= 11 is 1.93. The molecule has 0 aliphatic heterocycles. The Labute approximate surface area is 345 Å². The van der Waals surface area contributed by atoms with Crippen molar-refractivity contribution in [2.75, 3.05) is 4.90 Å². The number of para-hydroxylation sites is 1. The summed E-state index contributed by atoms with van der Waals surface area (Å²) in [4.78, 5) is 2.33. The molecule has 8 aromatic rings. The van der Waals surface area contributed by atoms with Gasteiger partial charge in [-0.1, -0.05) is 126 Å². The van der Waals surface area contributed by atoms with Gasteiger partial charge in [0, 0.05) is 37.0 Å². The number of nitrogens with zero attached hydrogens (tertiary/aromatic N) is 3. The molecule has 0 saturated heterocycles. The summed E-state index contributed by atoms with van der Waals surface area (Å²) < 4.78 is 2.73. The van der Waals surface area contributed by atoms with Crippen molar-refractivity contribution in [2.24, 2.45) is 0 Å². The predicted molar refractivity (Wildman–Crippen MR) is 243 cm³/mol. The van der Waals surface area contributed by atoms with Crippen LogP contribution in [-0.4, -0.2) is 0 Å². The van der Waals surface area contributed by atoms with Crippen LogP contribution < -0.4 is 4.90 Å². The van der Waals surface area contributed by atoms with Crippen LogP contribution in [0.3, 0.4) is 0 Å². The zero-order chi connectivity index (χ0) is 40.1. The Bertz CT molecular complexity index is 3060. The van der Waals surface area contributed by atoms with Crippen LogP contribution in [0, 0.1) is 22.7 Å². The molecule has 0 atom stereocenters. The van der Waals surface area contributed by atoms with Crippen LogP contribution in [0.15, 0.2) is 140 Å². The average molecular weight is 766 g/mol. The van der Waals surface area contributed by atoms with E-state index in [1.807, 2.05) is 29.5 Å². The Balaban J connectivity index is 1.01. The fraction of sp³-hybridized carbons (Fsp3) is 0.185. The molecule has 2 aliphatic carbocycles. The van der Waals surface area contributed by atoms with Crippen LogP contribution >= 0.6 is 11.3 Å². The van der Waals surface area contributed by atoms with Crippen molar-refractivity contribution in [2.45, 2.75) is 64.2 Å². The highest BCUT2D eigenvalue weighted by atomic mass is 32.1. The molecule has 10 rings (SSSR count). The van der Waals surface area contributed by atoms with Gasteiger partial charge in [0.1, 0.15) is 12.1 Å². The molecule has 4 heteroatoms. The fourth-order valence-electron chi connectivity index (χ4n) is 10.4. The second-order valence-electron chi connectivity index (χ2n) is 17.9. The zero-order valence-electron chi connectivity index (χ0n) is 33.7. The minimum Gasteiger partial charge on any atom is -0.310 e. The lowest BCUT2D eigenvalue weighted by atomic mass is 9.80. The summed E-state index contributed by atoms with van der Waals surface area (Å²) in [6, 6.07) is 54.9. The number of fused-ring (bicyclic) bond motifs is 7. The second kappa shape index (κ2) is 12.8. The number of anilines is 3. The fourth-order valence-corrected chi connectivity index (χ4v) is 11.7. The number of hydrogen-bond donors (Lipinski definition) is 0. The maximum absolute atomic E-state index is 9.88. The van der Waals surface area contributed by atoms with Gasteiger partial charge in [-0.2, -0.15) is 10.5 Å². The van der Waals surface area contributed by atoms with Gasteiger partial charge >= 0.3 is 0 Å². The highest BCUT2D eigenvalue weighted by molar-refractivity contribution is 7.26. The van der Waals surface area contributed by atoms with E-state index in [0.29, 0.717) is 11.1 Å². The monoisotopic (exact) mass is 765 g/mol. The van der Waals surface area contributed by atoms with Gasteiger partial charge in [0.05, 0.1) is 16.8 Å². The molecule has 0 saturated carbocycles. The molecule has 0 unspecified atom stereocenters. The number of benzene rings is 7. The minimum absolute atomic E-state index is 0.172. The summed E-state index contributed by atoms with van der Waals surface area (Å²) in [5.74, 6) is 0. The third-order valence-corrected chi connectivity index (χ3v) is 14.1. The van der Waals surface area contributed by atoms with Crippen LogP contribution in [-0.2, 0) is 16.2 Å².